The summed E-state index contributed by atoms with van der Waals surface area (Å²) in [6.07, 6.45) is 6.63. The van der Waals surface area contributed by atoms with Gasteiger partial charge in [0.2, 0.25) is 11.8 Å². The van der Waals surface area contributed by atoms with E-state index in [0.717, 1.165) is 35.3 Å². The summed E-state index contributed by atoms with van der Waals surface area (Å²) >= 11 is 0. The van der Waals surface area contributed by atoms with Gasteiger partial charge in [-0.3, -0.25) is 14.4 Å². The molecule has 2 amide bonds. The lowest BCUT2D eigenvalue weighted by Gasteiger charge is -2.26. The number of amides is 2. The number of hydrogen-bond donors (Lipinski definition) is 2. The summed E-state index contributed by atoms with van der Waals surface area (Å²) in [5, 5.41) is 12.8. The molecule has 1 heterocycles. The molecule has 0 aliphatic carbocycles. The van der Waals surface area contributed by atoms with Crippen LogP contribution in [0.1, 0.15) is 48.8 Å². The quantitative estimate of drug-likeness (QED) is 0.125. The minimum atomic E-state index is -0.645. The molecule has 1 fully saturated rings. The Balaban J connectivity index is 1.44. The van der Waals surface area contributed by atoms with Crippen LogP contribution < -0.4 is 10.1 Å². The zero-order valence-electron chi connectivity index (χ0n) is 27.7. The number of hydrogen-bond acceptors (Lipinski definition) is 6. The third kappa shape index (κ3) is 11.2. The van der Waals surface area contributed by atoms with E-state index >= 15 is 0 Å². The second kappa shape index (κ2) is 19.2. The summed E-state index contributed by atoms with van der Waals surface area (Å²) in [6, 6.07) is 26.6. The van der Waals surface area contributed by atoms with E-state index in [2.05, 4.69) is 18.5 Å². The van der Waals surface area contributed by atoms with Crippen molar-refractivity contribution in [2.45, 2.75) is 63.6 Å². The number of carbonyl (C=O) groups is 3. The van der Waals surface area contributed by atoms with Gasteiger partial charge in [0.25, 0.3) is 0 Å². The smallest absolute Gasteiger partial charge is 0.309 e. The molecule has 2 N–H and O–H groups in total. The lowest BCUT2D eigenvalue weighted by atomic mass is 9.96. The van der Waals surface area contributed by atoms with Crippen molar-refractivity contribution < 1.29 is 29.0 Å². The Morgan fingerprint density at radius 2 is 1.48 bits per heavy atom. The Morgan fingerprint density at radius 1 is 0.854 bits per heavy atom. The highest BCUT2D eigenvalue weighted by atomic mass is 16.5. The molecule has 254 valence electrons. The number of nitrogens with one attached hydrogen (secondary N) is 1. The standard InChI is InChI=1S/C40H48N2O6/c1-3-12-33(26-38(44)42-23-11-18-36(42)27-43)39(45)41-35(29-48-40(46)34(13-4-2)24-30-14-7-5-8-15-30)25-31-19-21-37(22-20-31)47-28-32-16-9-6-10-17-32/h3-10,14-17,19-22,33-36,43H,1-2,11-13,18,23-29H2,(H,41,45)/t33-,34-,35+,36+/m1/s1. The first-order chi connectivity index (χ1) is 23.4. The minimum absolute atomic E-state index is 0.00674. The molecule has 3 aromatic rings. The van der Waals surface area contributed by atoms with E-state index < -0.39 is 17.9 Å². The number of nitrogens with zero attached hydrogens (tertiary/aromatic N) is 1. The van der Waals surface area contributed by atoms with E-state index in [1.807, 2.05) is 84.9 Å². The van der Waals surface area contributed by atoms with Crippen LogP contribution in [0.3, 0.4) is 0 Å². The normalized spacial score (nSPS) is 15.9. The third-order valence-electron chi connectivity index (χ3n) is 8.69. The van der Waals surface area contributed by atoms with Crippen molar-refractivity contribution in [3.05, 3.63) is 127 Å². The van der Waals surface area contributed by atoms with Gasteiger partial charge in [-0.1, -0.05) is 84.9 Å². The maximum atomic E-state index is 13.7. The zero-order chi connectivity index (χ0) is 34.1. The topological polar surface area (TPSA) is 105 Å². The molecule has 0 radical (unpaired) electrons. The van der Waals surface area contributed by atoms with Gasteiger partial charge >= 0.3 is 5.97 Å². The fraction of sp³-hybridized carbons (Fsp3) is 0.375. The highest BCUT2D eigenvalue weighted by molar-refractivity contribution is 5.86. The number of carbonyl (C=O) groups excluding carboxylic acids is 3. The predicted molar refractivity (Wildman–Crippen MR) is 187 cm³/mol. The van der Waals surface area contributed by atoms with Crippen LogP contribution >= 0.6 is 0 Å². The molecule has 4 rings (SSSR count). The number of rotatable bonds is 19. The SMILES string of the molecule is C=CC[C@H](CC(=O)N1CCC[C@H]1CO)C(=O)N[C@H](COC(=O)[C@H](CC=C)Cc1ccccc1)Cc1ccc(OCc2ccccc2)cc1. The Kier molecular flexibility index (Phi) is 14.5. The van der Waals surface area contributed by atoms with Crippen molar-refractivity contribution in [1.29, 1.82) is 0 Å². The van der Waals surface area contributed by atoms with Crippen LogP contribution in [0.15, 0.2) is 110 Å². The van der Waals surface area contributed by atoms with Gasteiger partial charge in [0.15, 0.2) is 0 Å². The van der Waals surface area contributed by atoms with Crippen molar-refractivity contribution in [2.24, 2.45) is 11.8 Å². The van der Waals surface area contributed by atoms with Crippen LogP contribution in [0, 0.1) is 11.8 Å². The predicted octanol–water partition coefficient (Wildman–Crippen LogP) is 5.84. The van der Waals surface area contributed by atoms with Crippen LogP contribution in [-0.4, -0.2) is 59.6 Å². The van der Waals surface area contributed by atoms with E-state index in [9.17, 15) is 19.5 Å². The van der Waals surface area contributed by atoms with Crippen LogP contribution in [-0.2, 0) is 38.6 Å². The van der Waals surface area contributed by atoms with Crippen LogP contribution in [0.25, 0.3) is 0 Å². The van der Waals surface area contributed by atoms with Gasteiger partial charge in [-0.25, -0.2) is 0 Å². The van der Waals surface area contributed by atoms with Crippen molar-refractivity contribution >= 4 is 17.8 Å². The van der Waals surface area contributed by atoms with E-state index in [-0.39, 0.29) is 43.5 Å². The maximum Gasteiger partial charge on any atom is 0.309 e. The molecule has 0 bridgehead atoms. The minimum Gasteiger partial charge on any atom is -0.489 e. The summed E-state index contributed by atoms with van der Waals surface area (Å²) in [7, 11) is 0. The number of ether oxygens (including phenoxy) is 2. The van der Waals surface area contributed by atoms with E-state index in [1.165, 1.54) is 0 Å². The lowest BCUT2D eigenvalue weighted by Crippen LogP contribution is -2.45. The molecular formula is C40H48N2O6. The fourth-order valence-electron chi connectivity index (χ4n) is 6.05. The molecule has 48 heavy (non-hydrogen) atoms. The molecule has 4 atom stereocenters. The molecule has 0 saturated carbocycles. The molecule has 0 spiro atoms. The Hall–Kier alpha value is -4.69. The Labute approximate surface area is 284 Å². The number of allylic oxidation sites excluding steroid dienone is 2. The van der Waals surface area contributed by atoms with Crippen molar-refractivity contribution in [1.82, 2.24) is 10.2 Å². The van der Waals surface area contributed by atoms with Gasteiger partial charge in [-0.05, 0) is 67.3 Å². The number of likely N-dealkylation sites (tertiary alicyclic amines) is 1. The molecule has 0 aromatic heterocycles. The number of benzene rings is 3. The van der Waals surface area contributed by atoms with Crippen molar-refractivity contribution in [3.63, 3.8) is 0 Å². The summed E-state index contributed by atoms with van der Waals surface area (Å²) in [5.41, 5.74) is 3.02. The van der Waals surface area contributed by atoms with Gasteiger partial charge in [0.05, 0.1) is 30.5 Å². The summed E-state index contributed by atoms with van der Waals surface area (Å²) in [6.45, 7) is 8.52. The number of aliphatic hydroxyl groups is 1. The molecule has 8 nitrogen and oxygen atoms in total. The number of aliphatic hydroxyl groups excluding tert-OH is 1. The van der Waals surface area contributed by atoms with Gasteiger partial charge < -0.3 is 24.8 Å². The number of esters is 1. The van der Waals surface area contributed by atoms with Crippen LogP contribution in [0.5, 0.6) is 5.75 Å². The summed E-state index contributed by atoms with van der Waals surface area (Å²) in [4.78, 5) is 41.8. The Morgan fingerprint density at radius 3 is 2.12 bits per heavy atom. The average molecular weight is 653 g/mol. The van der Waals surface area contributed by atoms with Gasteiger partial charge in [-0.15, -0.1) is 13.2 Å². The van der Waals surface area contributed by atoms with Crippen LogP contribution in [0.4, 0.5) is 0 Å². The average Bonchev–Trinajstić information content (AvgIpc) is 3.60. The molecule has 1 aliphatic heterocycles. The second-order valence-corrected chi connectivity index (χ2v) is 12.4. The summed E-state index contributed by atoms with van der Waals surface area (Å²) < 4.78 is 11.8. The molecule has 1 saturated heterocycles. The lowest BCUT2D eigenvalue weighted by molar-refractivity contribution is -0.149. The monoisotopic (exact) mass is 652 g/mol. The summed E-state index contributed by atoms with van der Waals surface area (Å²) in [5.74, 6) is -1.16. The Bertz CT molecular complexity index is 1460. The molecule has 8 heteroatoms. The highest BCUT2D eigenvalue weighted by Crippen LogP contribution is 2.22. The van der Waals surface area contributed by atoms with E-state index in [4.69, 9.17) is 9.47 Å². The zero-order valence-corrected chi connectivity index (χ0v) is 27.7. The van der Waals surface area contributed by atoms with E-state index in [1.54, 1.807) is 17.1 Å². The van der Waals surface area contributed by atoms with Gasteiger partial charge in [0, 0.05) is 13.0 Å². The highest BCUT2D eigenvalue weighted by Gasteiger charge is 2.32. The molecular weight excluding hydrogens is 604 g/mol. The van der Waals surface area contributed by atoms with Gasteiger partial charge in [0.1, 0.15) is 19.0 Å². The van der Waals surface area contributed by atoms with Crippen molar-refractivity contribution in [2.75, 3.05) is 19.8 Å². The first-order valence-electron chi connectivity index (χ1n) is 16.8. The second-order valence-electron chi connectivity index (χ2n) is 12.4. The molecule has 1 aliphatic rings. The van der Waals surface area contributed by atoms with Crippen molar-refractivity contribution in [3.8, 4) is 5.75 Å². The van der Waals surface area contributed by atoms with Gasteiger partial charge in [-0.2, -0.15) is 0 Å². The third-order valence-corrected chi connectivity index (χ3v) is 8.69. The molecule has 3 aromatic carbocycles. The molecule has 0 unspecified atom stereocenters. The largest absolute Gasteiger partial charge is 0.489 e. The maximum absolute atomic E-state index is 13.7. The first kappa shape index (κ1) is 36.2. The first-order valence-corrected chi connectivity index (χ1v) is 16.8. The van der Waals surface area contributed by atoms with Crippen LogP contribution in [0.2, 0.25) is 0 Å². The fourth-order valence-corrected chi connectivity index (χ4v) is 6.05. The van der Waals surface area contributed by atoms with E-state index in [0.29, 0.717) is 38.8 Å².